The zero-order valence-electron chi connectivity index (χ0n) is 14.3. The van der Waals surface area contributed by atoms with Crippen molar-refractivity contribution >= 4 is 42.9 Å². The number of rotatable bonds is 6. The van der Waals surface area contributed by atoms with Crippen LogP contribution in [-0.4, -0.2) is 12.1 Å². The van der Waals surface area contributed by atoms with Crippen molar-refractivity contribution in [3.63, 3.8) is 0 Å². The van der Waals surface area contributed by atoms with Gasteiger partial charge in [-0.15, -0.1) is 12.6 Å². The second-order valence-electron chi connectivity index (χ2n) is 6.38. The van der Waals surface area contributed by atoms with Gasteiger partial charge in [-0.3, -0.25) is 4.99 Å². The van der Waals surface area contributed by atoms with Crippen LogP contribution in [0.1, 0.15) is 40.5 Å². The topological polar surface area (TPSA) is 24.4 Å². The van der Waals surface area contributed by atoms with Crippen LogP contribution in [0.3, 0.4) is 0 Å². The highest BCUT2D eigenvalue weighted by Gasteiger charge is 2.22. The quantitative estimate of drug-likeness (QED) is 0.449. The van der Waals surface area contributed by atoms with E-state index in [-0.39, 0.29) is 0 Å². The summed E-state index contributed by atoms with van der Waals surface area (Å²) in [6.07, 6.45) is 6.71. The Morgan fingerprint density at radius 1 is 1.61 bits per heavy atom. The van der Waals surface area contributed by atoms with Gasteiger partial charge in [-0.2, -0.15) is 0 Å². The van der Waals surface area contributed by atoms with Crippen LogP contribution in [0.25, 0.3) is 0 Å². The Labute approximate surface area is 154 Å². The smallest absolute Gasteiger partial charge is 0.0842 e. The van der Waals surface area contributed by atoms with Crippen LogP contribution < -0.4 is 5.32 Å². The van der Waals surface area contributed by atoms with Crippen LogP contribution in [-0.2, 0) is 0 Å². The monoisotopic (exact) mass is 366 g/mol. The number of hydrogen-bond acceptors (Lipinski definition) is 5. The third-order valence-corrected chi connectivity index (χ3v) is 6.42. The van der Waals surface area contributed by atoms with Crippen molar-refractivity contribution in [2.75, 3.05) is 0 Å². The summed E-state index contributed by atoms with van der Waals surface area (Å²) in [6, 6.07) is 0. The molecule has 0 bridgehead atoms. The predicted molar refractivity (Wildman–Crippen MR) is 111 cm³/mol. The van der Waals surface area contributed by atoms with Crippen LogP contribution in [0.15, 0.2) is 48.7 Å². The van der Waals surface area contributed by atoms with Crippen molar-refractivity contribution in [2.24, 2.45) is 16.8 Å². The first-order valence-corrected chi connectivity index (χ1v) is 10.2. The van der Waals surface area contributed by atoms with Crippen LogP contribution in [0.2, 0.25) is 0 Å². The number of nitrogens with zero attached hydrogens (tertiary/aromatic N) is 1. The lowest BCUT2D eigenvalue weighted by atomic mass is 9.91. The van der Waals surface area contributed by atoms with E-state index in [0.717, 1.165) is 17.0 Å². The normalized spacial score (nSPS) is 25.4. The zero-order valence-corrected chi connectivity index (χ0v) is 16.8. The molecule has 2 nitrogen and oxygen atoms in total. The Hall–Kier alpha value is -0.520. The molecule has 0 amide bonds. The van der Waals surface area contributed by atoms with E-state index in [9.17, 15) is 0 Å². The number of aliphatic imine (C=N–C) groups is 1. The number of nitrogens with one attached hydrogen (secondary N) is 1. The predicted octanol–water partition coefficient (Wildman–Crippen LogP) is 5.94. The van der Waals surface area contributed by atoms with Gasteiger partial charge in [0.15, 0.2) is 0 Å². The molecular formula is C18H26N2S3. The maximum Gasteiger partial charge on any atom is 0.0842 e. The molecule has 126 valence electrons. The molecule has 0 aromatic carbocycles. The van der Waals surface area contributed by atoms with Gasteiger partial charge < -0.3 is 5.32 Å². The lowest BCUT2D eigenvalue weighted by Gasteiger charge is -2.23. The van der Waals surface area contributed by atoms with Crippen molar-refractivity contribution in [1.82, 2.24) is 5.32 Å². The molecule has 1 heterocycles. The van der Waals surface area contributed by atoms with Gasteiger partial charge in [0.2, 0.25) is 0 Å². The van der Waals surface area contributed by atoms with E-state index in [4.69, 9.17) is 0 Å². The molecule has 1 aliphatic heterocycles. The van der Waals surface area contributed by atoms with Crippen molar-refractivity contribution in [3.05, 3.63) is 43.7 Å². The molecule has 1 N–H and O–H groups in total. The SMILES string of the molecule is C=N/C(=C\SC1=CC(S)=CCC1CC(C)C)C1=C(C)NC(C)S1. The summed E-state index contributed by atoms with van der Waals surface area (Å²) in [6.45, 7) is 12.6. The van der Waals surface area contributed by atoms with E-state index in [1.54, 1.807) is 11.8 Å². The van der Waals surface area contributed by atoms with Gasteiger partial charge >= 0.3 is 0 Å². The van der Waals surface area contributed by atoms with Crippen molar-refractivity contribution in [1.29, 1.82) is 0 Å². The fourth-order valence-corrected chi connectivity index (χ4v) is 5.31. The average molecular weight is 367 g/mol. The molecule has 0 aromatic rings. The molecular weight excluding hydrogens is 340 g/mol. The van der Waals surface area contributed by atoms with Gasteiger partial charge in [-0.25, -0.2) is 0 Å². The first-order valence-electron chi connectivity index (χ1n) is 7.99. The number of hydrogen-bond donors (Lipinski definition) is 2. The number of thiol groups is 1. The highest BCUT2D eigenvalue weighted by molar-refractivity contribution is 8.06. The number of thioether (sulfide) groups is 2. The van der Waals surface area contributed by atoms with Gasteiger partial charge in [-0.05, 0) is 56.2 Å². The first kappa shape index (κ1) is 18.8. The standard InChI is InChI=1S/C18H26N2S3/c1-11(2)8-14-6-7-15(21)9-17(14)22-10-16(19-5)18-12(3)20-13(4)23-18/h7,9-11,13-14,20-21H,5-6,8H2,1-4H3/b16-10-. The lowest BCUT2D eigenvalue weighted by Crippen LogP contribution is -2.14. The van der Waals surface area contributed by atoms with Crippen LogP contribution in [0.4, 0.5) is 0 Å². The molecule has 2 rings (SSSR count). The highest BCUT2D eigenvalue weighted by Crippen LogP contribution is 2.41. The Bertz CT molecular complexity index is 585. The molecule has 0 saturated carbocycles. The Kier molecular flexibility index (Phi) is 6.99. The first-order chi connectivity index (χ1) is 10.9. The maximum atomic E-state index is 4.52. The van der Waals surface area contributed by atoms with Crippen molar-refractivity contribution in [3.8, 4) is 0 Å². The number of allylic oxidation sites excluding steroid dienone is 4. The average Bonchev–Trinajstić information content (AvgIpc) is 2.81. The summed E-state index contributed by atoms with van der Waals surface area (Å²) in [7, 11) is 0. The van der Waals surface area contributed by atoms with E-state index in [1.165, 1.54) is 21.9 Å². The van der Waals surface area contributed by atoms with Gasteiger partial charge in [0.25, 0.3) is 0 Å². The third kappa shape index (κ3) is 5.23. The van der Waals surface area contributed by atoms with Gasteiger partial charge in [0.05, 0.1) is 16.0 Å². The summed E-state index contributed by atoms with van der Waals surface area (Å²) < 4.78 is 0. The Morgan fingerprint density at radius 3 is 2.91 bits per heavy atom. The van der Waals surface area contributed by atoms with Gasteiger partial charge in [-0.1, -0.05) is 43.4 Å². The maximum absolute atomic E-state index is 4.52. The second kappa shape index (κ2) is 8.54. The molecule has 0 radical (unpaired) electrons. The van der Waals surface area contributed by atoms with Crippen molar-refractivity contribution < 1.29 is 0 Å². The minimum absolute atomic E-state index is 0.398. The van der Waals surface area contributed by atoms with E-state index in [1.807, 2.05) is 11.8 Å². The molecule has 0 spiro atoms. The minimum atomic E-state index is 0.398. The van der Waals surface area contributed by atoms with E-state index < -0.39 is 0 Å². The molecule has 0 saturated heterocycles. The molecule has 1 aliphatic carbocycles. The fraction of sp³-hybridized carbons (Fsp3) is 0.500. The largest absolute Gasteiger partial charge is 0.376 e. The molecule has 5 heteroatoms. The second-order valence-corrected chi connectivity index (χ2v) is 9.19. The molecule has 2 aliphatic rings. The summed E-state index contributed by atoms with van der Waals surface area (Å²) in [4.78, 5) is 7.91. The van der Waals surface area contributed by atoms with Crippen LogP contribution in [0.5, 0.6) is 0 Å². The molecule has 2 atom stereocenters. The highest BCUT2D eigenvalue weighted by atomic mass is 32.2. The summed E-state index contributed by atoms with van der Waals surface area (Å²) in [5, 5.41) is 5.97. The lowest BCUT2D eigenvalue weighted by molar-refractivity contribution is 0.471. The van der Waals surface area contributed by atoms with Crippen molar-refractivity contribution in [2.45, 2.75) is 45.9 Å². The summed E-state index contributed by atoms with van der Waals surface area (Å²) >= 11 is 8.11. The minimum Gasteiger partial charge on any atom is -0.376 e. The molecule has 2 unspecified atom stereocenters. The molecule has 23 heavy (non-hydrogen) atoms. The summed E-state index contributed by atoms with van der Waals surface area (Å²) in [5.41, 5.74) is 2.15. The van der Waals surface area contributed by atoms with Gasteiger partial charge in [0, 0.05) is 16.0 Å². The van der Waals surface area contributed by atoms with Crippen LogP contribution >= 0.6 is 36.2 Å². The van der Waals surface area contributed by atoms with E-state index in [2.05, 4.69) is 74.9 Å². The van der Waals surface area contributed by atoms with E-state index >= 15 is 0 Å². The third-order valence-electron chi connectivity index (χ3n) is 3.82. The van der Waals surface area contributed by atoms with Crippen LogP contribution in [0, 0.1) is 11.8 Å². The molecule has 0 aromatic heterocycles. The summed E-state index contributed by atoms with van der Waals surface area (Å²) in [5.74, 6) is 1.28. The Morgan fingerprint density at radius 2 is 2.35 bits per heavy atom. The van der Waals surface area contributed by atoms with E-state index in [0.29, 0.717) is 17.2 Å². The zero-order chi connectivity index (χ0) is 17.0. The Balaban J connectivity index is 2.16. The molecule has 0 fully saturated rings. The fourth-order valence-electron chi connectivity index (χ4n) is 2.82. The van der Waals surface area contributed by atoms with Gasteiger partial charge in [0.1, 0.15) is 0 Å².